The number of halogens is 3. The molecule has 0 aliphatic carbocycles. The van der Waals surface area contributed by atoms with Crippen LogP contribution in [0.3, 0.4) is 0 Å². The van der Waals surface area contributed by atoms with E-state index in [1.165, 1.54) is 0 Å². The van der Waals surface area contributed by atoms with Gasteiger partial charge in [0.05, 0.1) is 12.4 Å². The number of para-hydroxylation sites is 1. The molecule has 0 amide bonds. The molecule has 0 radical (unpaired) electrons. The second kappa shape index (κ2) is 6.98. The number of alkyl halides is 3. The van der Waals surface area contributed by atoms with Gasteiger partial charge in [0, 0.05) is 25.2 Å². The van der Waals surface area contributed by atoms with Crippen LogP contribution in [-0.4, -0.2) is 31.9 Å². The van der Waals surface area contributed by atoms with Crippen molar-refractivity contribution in [3.05, 3.63) is 30.3 Å². The summed E-state index contributed by atoms with van der Waals surface area (Å²) in [6.45, 7) is -0.00628. The number of anilines is 1. The van der Waals surface area contributed by atoms with Gasteiger partial charge < -0.3 is 10.6 Å². The van der Waals surface area contributed by atoms with E-state index in [1.807, 2.05) is 6.07 Å². The summed E-state index contributed by atoms with van der Waals surface area (Å²) >= 11 is 0. The summed E-state index contributed by atoms with van der Waals surface area (Å²) in [6.07, 6.45) is -4.33. The summed E-state index contributed by atoms with van der Waals surface area (Å²) in [7, 11) is 0. The SMILES string of the molecule is N=C(N)CCN(CCOC(F)(F)F)c1ccccc1. The minimum atomic E-state index is -4.62. The molecule has 0 atom stereocenters. The number of rotatable bonds is 7. The van der Waals surface area contributed by atoms with Crippen LogP contribution in [0, 0.1) is 5.41 Å². The van der Waals surface area contributed by atoms with E-state index >= 15 is 0 Å². The molecular weight excluding hydrogens is 259 g/mol. The first kappa shape index (κ1) is 15.3. The second-order valence-electron chi connectivity index (χ2n) is 3.89. The first-order valence-electron chi connectivity index (χ1n) is 5.72. The number of nitrogens with zero attached hydrogens (tertiary/aromatic N) is 1. The van der Waals surface area contributed by atoms with Crippen LogP contribution in [0.15, 0.2) is 30.3 Å². The van der Waals surface area contributed by atoms with Gasteiger partial charge in [0.15, 0.2) is 0 Å². The van der Waals surface area contributed by atoms with E-state index in [9.17, 15) is 13.2 Å². The molecule has 0 bridgehead atoms. The molecule has 19 heavy (non-hydrogen) atoms. The lowest BCUT2D eigenvalue weighted by Gasteiger charge is -2.24. The van der Waals surface area contributed by atoms with Gasteiger partial charge in [0.2, 0.25) is 0 Å². The zero-order valence-electron chi connectivity index (χ0n) is 10.3. The van der Waals surface area contributed by atoms with Crippen molar-refractivity contribution >= 4 is 11.5 Å². The molecule has 4 nitrogen and oxygen atoms in total. The normalized spacial score (nSPS) is 11.3. The Morgan fingerprint density at radius 2 is 1.84 bits per heavy atom. The first-order chi connectivity index (χ1) is 8.88. The molecule has 0 saturated carbocycles. The zero-order valence-corrected chi connectivity index (χ0v) is 10.3. The highest BCUT2D eigenvalue weighted by Gasteiger charge is 2.28. The van der Waals surface area contributed by atoms with Crippen molar-refractivity contribution in [1.82, 2.24) is 0 Å². The van der Waals surface area contributed by atoms with E-state index in [1.54, 1.807) is 29.2 Å². The van der Waals surface area contributed by atoms with Gasteiger partial charge in [-0.3, -0.25) is 10.1 Å². The van der Waals surface area contributed by atoms with Crippen LogP contribution in [0.5, 0.6) is 0 Å². The van der Waals surface area contributed by atoms with Crippen LogP contribution in [0.2, 0.25) is 0 Å². The fraction of sp³-hybridized carbons (Fsp3) is 0.417. The van der Waals surface area contributed by atoms with Crippen molar-refractivity contribution in [3.63, 3.8) is 0 Å². The van der Waals surface area contributed by atoms with Gasteiger partial charge in [-0.2, -0.15) is 0 Å². The number of benzene rings is 1. The van der Waals surface area contributed by atoms with Crippen molar-refractivity contribution in [2.24, 2.45) is 5.73 Å². The molecule has 1 aromatic carbocycles. The summed E-state index contributed by atoms with van der Waals surface area (Å²) in [5, 5.41) is 7.17. The van der Waals surface area contributed by atoms with Crippen molar-refractivity contribution in [1.29, 1.82) is 5.41 Å². The molecule has 0 aliphatic rings. The van der Waals surface area contributed by atoms with Crippen LogP contribution >= 0.6 is 0 Å². The molecule has 106 valence electrons. The van der Waals surface area contributed by atoms with Gasteiger partial charge in [-0.15, -0.1) is 13.2 Å². The van der Waals surface area contributed by atoms with Crippen LogP contribution in [-0.2, 0) is 4.74 Å². The lowest BCUT2D eigenvalue weighted by molar-refractivity contribution is -0.323. The Hall–Kier alpha value is -1.76. The van der Waals surface area contributed by atoms with E-state index in [0.717, 1.165) is 5.69 Å². The second-order valence-corrected chi connectivity index (χ2v) is 3.89. The van der Waals surface area contributed by atoms with Crippen LogP contribution < -0.4 is 10.6 Å². The molecule has 0 heterocycles. The number of nitrogens with one attached hydrogen (secondary N) is 1. The summed E-state index contributed by atoms with van der Waals surface area (Å²) < 4.78 is 39.5. The standard InChI is InChI=1S/C12H16F3N3O/c13-12(14,15)19-9-8-18(7-6-11(16)17)10-4-2-1-3-5-10/h1-5H,6-9H2,(H3,16,17). The molecule has 0 saturated heterocycles. The highest BCUT2D eigenvalue weighted by Crippen LogP contribution is 2.17. The van der Waals surface area contributed by atoms with Gasteiger partial charge in [-0.25, -0.2) is 0 Å². The largest absolute Gasteiger partial charge is 0.522 e. The van der Waals surface area contributed by atoms with Gasteiger partial charge in [-0.1, -0.05) is 18.2 Å². The van der Waals surface area contributed by atoms with Gasteiger partial charge in [0.1, 0.15) is 0 Å². The van der Waals surface area contributed by atoms with Crippen LogP contribution in [0.1, 0.15) is 6.42 Å². The van der Waals surface area contributed by atoms with Gasteiger partial charge in [-0.05, 0) is 12.1 Å². The first-order valence-corrected chi connectivity index (χ1v) is 5.72. The Bertz CT molecular complexity index is 395. The van der Waals surface area contributed by atoms with Crippen molar-refractivity contribution < 1.29 is 17.9 Å². The van der Waals surface area contributed by atoms with Crippen molar-refractivity contribution in [2.45, 2.75) is 12.8 Å². The van der Waals surface area contributed by atoms with Gasteiger partial charge in [0.25, 0.3) is 0 Å². The van der Waals surface area contributed by atoms with E-state index < -0.39 is 13.0 Å². The molecule has 0 aliphatic heterocycles. The third kappa shape index (κ3) is 6.66. The minimum absolute atomic E-state index is 0.00216. The molecular formula is C12H16F3N3O. The number of amidine groups is 1. The Kier molecular flexibility index (Phi) is 5.62. The Morgan fingerprint density at radius 1 is 1.21 bits per heavy atom. The third-order valence-electron chi connectivity index (χ3n) is 2.40. The average molecular weight is 275 g/mol. The number of hydrogen-bond acceptors (Lipinski definition) is 3. The van der Waals surface area contributed by atoms with E-state index in [-0.39, 0.29) is 12.4 Å². The quantitative estimate of drug-likeness (QED) is 0.593. The topological polar surface area (TPSA) is 62.3 Å². The predicted molar refractivity (Wildman–Crippen MR) is 67.2 cm³/mol. The summed E-state index contributed by atoms with van der Waals surface area (Å²) in [6, 6.07) is 8.97. The Morgan fingerprint density at radius 3 is 2.37 bits per heavy atom. The van der Waals surface area contributed by atoms with Crippen LogP contribution in [0.25, 0.3) is 0 Å². The molecule has 0 aromatic heterocycles. The van der Waals surface area contributed by atoms with Gasteiger partial charge >= 0.3 is 6.36 Å². The maximum atomic E-state index is 11.9. The molecule has 3 N–H and O–H groups in total. The fourth-order valence-electron chi connectivity index (χ4n) is 1.54. The highest BCUT2D eigenvalue weighted by atomic mass is 19.4. The zero-order chi connectivity index (χ0) is 14.3. The number of nitrogens with two attached hydrogens (primary N) is 1. The van der Waals surface area contributed by atoms with Crippen molar-refractivity contribution in [3.8, 4) is 0 Å². The predicted octanol–water partition coefficient (Wildman–Crippen LogP) is 2.36. The minimum Gasteiger partial charge on any atom is -0.388 e. The fourth-order valence-corrected chi connectivity index (χ4v) is 1.54. The summed E-state index contributed by atoms with van der Waals surface area (Å²) in [5.41, 5.74) is 6.03. The molecule has 1 rings (SSSR count). The van der Waals surface area contributed by atoms with E-state index in [2.05, 4.69) is 4.74 Å². The molecule has 7 heteroatoms. The van der Waals surface area contributed by atoms with E-state index in [4.69, 9.17) is 11.1 Å². The van der Waals surface area contributed by atoms with Crippen molar-refractivity contribution in [2.75, 3.05) is 24.6 Å². The monoisotopic (exact) mass is 275 g/mol. The Balaban J connectivity index is 2.57. The maximum Gasteiger partial charge on any atom is 0.522 e. The molecule has 0 unspecified atom stereocenters. The molecule has 0 fully saturated rings. The Labute approximate surface area is 109 Å². The molecule has 1 aromatic rings. The smallest absolute Gasteiger partial charge is 0.388 e. The third-order valence-corrected chi connectivity index (χ3v) is 2.40. The number of ether oxygens (including phenoxy) is 1. The highest BCUT2D eigenvalue weighted by molar-refractivity contribution is 5.77. The van der Waals surface area contributed by atoms with Crippen LogP contribution in [0.4, 0.5) is 18.9 Å². The van der Waals surface area contributed by atoms with E-state index in [0.29, 0.717) is 13.0 Å². The summed E-state index contributed by atoms with van der Waals surface area (Å²) in [4.78, 5) is 1.70. The summed E-state index contributed by atoms with van der Waals surface area (Å²) in [5.74, 6) is -0.00216. The lowest BCUT2D eigenvalue weighted by Crippen LogP contribution is -2.32. The number of hydrogen-bond donors (Lipinski definition) is 2. The average Bonchev–Trinajstić information content (AvgIpc) is 2.33. The molecule has 0 spiro atoms. The lowest BCUT2D eigenvalue weighted by atomic mass is 10.2. The maximum absolute atomic E-state index is 11.9.